The number of hydrogen-bond acceptors (Lipinski definition) is 14. The van der Waals surface area contributed by atoms with Crippen LogP contribution in [0.2, 0.25) is 0 Å². The van der Waals surface area contributed by atoms with E-state index in [1.165, 1.54) is 46.6 Å². The Morgan fingerprint density at radius 2 is 0.875 bits per heavy atom. The quantitative estimate of drug-likeness (QED) is 0.0982. The molecule has 0 spiro atoms. The van der Waals surface area contributed by atoms with Crippen LogP contribution in [0.1, 0.15) is 90.5 Å². The van der Waals surface area contributed by atoms with Gasteiger partial charge >= 0.3 is 0 Å². The number of carbonyl (C=O) groups is 3. The second-order valence-corrected chi connectivity index (χ2v) is 23.9. The lowest BCUT2D eigenvalue weighted by atomic mass is 10.0. The first-order valence-corrected chi connectivity index (χ1v) is 30.6. The van der Waals surface area contributed by atoms with Crippen LogP contribution in [0.15, 0.2) is 142 Å². The number of aromatic amines is 3. The molecule has 0 radical (unpaired) electrons. The van der Waals surface area contributed by atoms with Crippen molar-refractivity contribution < 1.29 is 45.3 Å². The van der Waals surface area contributed by atoms with E-state index in [0.717, 1.165) is 42.1 Å². The molecule has 0 aliphatic carbocycles. The van der Waals surface area contributed by atoms with E-state index in [1.807, 2.05) is 24.3 Å². The maximum Gasteiger partial charge on any atom is 0.272 e. The van der Waals surface area contributed by atoms with E-state index in [9.17, 15) is 55.5 Å². The van der Waals surface area contributed by atoms with E-state index >= 15 is 0 Å². The molecule has 0 bridgehead atoms. The molecule has 4 N–H and O–H groups in total. The maximum absolute atomic E-state index is 14.5. The van der Waals surface area contributed by atoms with E-state index in [4.69, 9.17) is 4.18 Å². The van der Waals surface area contributed by atoms with Gasteiger partial charge in [0.25, 0.3) is 44.5 Å². The number of H-pyrrole nitrogens is 3. The van der Waals surface area contributed by atoms with Crippen molar-refractivity contribution in [3.8, 4) is 0 Å². The first-order chi connectivity index (χ1) is 42.3. The Labute approximate surface area is 501 Å². The summed E-state index contributed by atoms with van der Waals surface area (Å²) in [6.07, 6.45) is 3.81. The van der Waals surface area contributed by atoms with Crippen LogP contribution in [0.25, 0.3) is 32.3 Å². The summed E-state index contributed by atoms with van der Waals surface area (Å²) >= 11 is 0. The molecule has 88 heavy (non-hydrogen) atoms. The fourth-order valence-corrected chi connectivity index (χ4v) is 12.3. The first kappa shape index (κ1) is 60.5. The van der Waals surface area contributed by atoms with Gasteiger partial charge in [0, 0.05) is 80.7 Å². The normalized spacial score (nSPS) is 17.6. The standard InChI is InChI=1S/C23H23FN4O2.C21H20FN3O5S.C20H18FN3O3/c24-20-7-6-15(13-21-17-4-1-2-5-18(17)22(29)26-25-21)12-19(20)23(30)28-11-8-16(14-28)27-9-3-10-27;1-31(28,29)30-14-8-9-25(12-14)21(27)17-10-13(6-7-18(17)22)11-19-15-4-2-3-5-16(15)20(26)24-23-19;21-17-6-5-12(9-16(17)20(27)24-8-7-13(25)11-24)10-18-14-3-1-2-4-15(14)19(26)23-22-18/h1-2,4-7,12,16H,3,8-11,13-14H2,(H,26,29);2-7,10,14H,8-9,11-12H2,1H3,(H,24,26);1-6,9,13,25H,7-8,10-11H2,(H,23,26)/t16-;14-;13-/m111/s1. The highest BCUT2D eigenvalue weighted by Crippen LogP contribution is 2.27. The summed E-state index contributed by atoms with van der Waals surface area (Å²) in [7, 11) is -3.64. The summed E-state index contributed by atoms with van der Waals surface area (Å²) in [5.41, 5.74) is 3.25. The van der Waals surface area contributed by atoms with Crippen LogP contribution in [0.4, 0.5) is 13.2 Å². The number of hydrogen-bond donors (Lipinski definition) is 4. The molecule has 24 heteroatoms. The van der Waals surface area contributed by atoms with Crippen LogP contribution in [-0.2, 0) is 33.6 Å². The summed E-state index contributed by atoms with van der Waals surface area (Å²) in [4.78, 5) is 81.3. The largest absolute Gasteiger partial charge is 0.391 e. The van der Waals surface area contributed by atoms with Gasteiger partial charge < -0.3 is 19.8 Å². The zero-order chi connectivity index (χ0) is 61.8. The van der Waals surface area contributed by atoms with E-state index in [-0.39, 0.29) is 65.3 Å². The zero-order valence-electron chi connectivity index (χ0n) is 47.8. The lowest BCUT2D eigenvalue weighted by Crippen LogP contribution is -2.46. The average Bonchev–Trinajstić information content (AvgIpc) is 1.28. The van der Waals surface area contributed by atoms with Gasteiger partial charge in [0.15, 0.2) is 0 Å². The van der Waals surface area contributed by atoms with Gasteiger partial charge in [0.1, 0.15) is 17.5 Å². The summed E-state index contributed by atoms with van der Waals surface area (Å²) < 4.78 is 70.8. The van der Waals surface area contributed by atoms with E-state index in [0.29, 0.717) is 101 Å². The van der Waals surface area contributed by atoms with E-state index < -0.39 is 51.6 Å². The number of aromatic nitrogens is 6. The number of carbonyl (C=O) groups excluding carboxylic acids is 3. The summed E-state index contributed by atoms with van der Waals surface area (Å²) in [6.45, 7) is 4.48. The second-order valence-electron chi connectivity index (χ2n) is 22.3. The molecule has 6 aromatic carbocycles. The fraction of sp³-hybridized carbons (Fsp3) is 0.297. The van der Waals surface area contributed by atoms with E-state index in [1.54, 1.807) is 77.7 Å². The minimum atomic E-state index is -3.64. The fourth-order valence-electron chi connectivity index (χ4n) is 11.6. The topological polar surface area (TPSA) is 265 Å². The Bertz CT molecular complexity index is 4460. The van der Waals surface area contributed by atoms with Crippen molar-refractivity contribution in [3.05, 3.63) is 226 Å². The molecule has 20 nitrogen and oxygen atoms in total. The third kappa shape index (κ3) is 13.6. The van der Waals surface area contributed by atoms with Gasteiger partial charge in [-0.2, -0.15) is 23.7 Å². The molecule has 4 fully saturated rings. The Morgan fingerprint density at radius 3 is 1.24 bits per heavy atom. The molecule has 9 aromatic rings. The van der Waals surface area contributed by atoms with Crippen molar-refractivity contribution in [2.75, 3.05) is 58.6 Å². The number of halogens is 3. The predicted molar refractivity (Wildman–Crippen MR) is 322 cm³/mol. The van der Waals surface area contributed by atoms with Gasteiger partial charge in [0.05, 0.1) is 68.4 Å². The molecular weight excluding hydrogens is 1160 g/mol. The SMILES string of the molecule is CS(=O)(=O)O[C@@H]1CCN(C(=O)c2cc(Cc3n[nH]c(=O)c4ccccc34)ccc2F)C1.O=C(c1cc(Cc2n[nH]c(=O)c3ccccc23)ccc1F)N1CC[C@@H](N2CCC2)C1.O=C(c1cc(Cc2n[nH]c(=O)c3ccccc23)ccc1F)N1CC[C@@H](O)C1. The monoisotopic (exact) mass is 1220 g/mol. The number of amides is 3. The number of aliphatic hydroxyl groups is 1. The van der Waals surface area contributed by atoms with E-state index in [2.05, 4.69) is 35.5 Å². The number of aliphatic hydroxyl groups excluding tert-OH is 1. The third-order valence-electron chi connectivity index (χ3n) is 16.3. The van der Waals surface area contributed by atoms with Crippen LogP contribution >= 0.6 is 0 Å². The molecule has 7 heterocycles. The smallest absolute Gasteiger partial charge is 0.272 e. The molecular formula is C64H61F3N10O10S. The molecule has 454 valence electrons. The highest BCUT2D eigenvalue weighted by atomic mass is 32.2. The summed E-state index contributed by atoms with van der Waals surface area (Å²) in [5, 5.41) is 33.3. The van der Waals surface area contributed by atoms with Crippen LogP contribution in [0, 0.1) is 17.5 Å². The number of nitrogens with zero attached hydrogens (tertiary/aromatic N) is 7. The Balaban J connectivity index is 0.000000137. The zero-order valence-corrected chi connectivity index (χ0v) is 48.6. The third-order valence-corrected chi connectivity index (χ3v) is 16.9. The molecule has 4 aliphatic heterocycles. The van der Waals surface area contributed by atoms with Gasteiger partial charge in [-0.1, -0.05) is 72.8 Å². The van der Waals surface area contributed by atoms with Crippen LogP contribution in [0.5, 0.6) is 0 Å². The highest BCUT2D eigenvalue weighted by Gasteiger charge is 2.35. The summed E-state index contributed by atoms with van der Waals surface area (Å²) in [5.74, 6) is -2.97. The average molecular weight is 1220 g/mol. The first-order valence-electron chi connectivity index (χ1n) is 28.8. The summed E-state index contributed by atoms with van der Waals surface area (Å²) in [6, 6.07) is 35.1. The van der Waals surface area contributed by atoms with Gasteiger partial charge in [0.2, 0.25) is 0 Å². The number of nitrogens with one attached hydrogen (secondary N) is 3. The Kier molecular flexibility index (Phi) is 17.9. The van der Waals surface area contributed by atoms with Gasteiger partial charge in [-0.15, -0.1) is 0 Å². The van der Waals surface area contributed by atoms with Gasteiger partial charge in [-0.25, -0.2) is 28.5 Å². The van der Waals surface area contributed by atoms with Crippen molar-refractivity contribution in [1.82, 2.24) is 50.2 Å². The maximum atomic E-state index is 14.5. The number of fused-ring (bicyclic) bond motifs is 3. The van der Waals surface area contributed by atoms with Crippen molar-refractivity contribution in [3.63, 3.8) is 0 Å². The number of rotatable bonds is 12. The minimum Gasteiger partial charge on any atom is -0.391 e. The number of benzene rings is 6. The van der Waals surface area contributed by atoms with Crippen molar-refractivity contribution in [1.29, 1.82) is 0 Å². The molecule has 3 aromatic heterocycles. The van der Waals surface area contributed by atoms with Crippen LogP contribution < -0.4 is 16.7 Å². The lowest BCUT2D eigenvalue weighted by Gasteiger charge is -2.36. The van der Waals surface area contributed by atoms with Gasteiger partial charge in [-0.05, 0) is 110 Å². The molecule has 4 saturated heterocycles. The van der Waals surface area contributed by atoms with Crippen molar-refractivity contribution in [2.45, 2.75) is 63.2 Å². The minimum absolute atomic E-state index is 0.0182. The van der Waals surface area contributed by atoms with Crippen molar-refractivity contribution in [2.24, 2.45) is 0 Å². The van der Waals surface area contributed by atoms with Gasteiger partial charge in [-0.3, -0.25) is 37.9 Å². The number of β-amino-alcohol motifs (C(OH)–C–C–N with tert-alkyl or cyclic N) is 1. The van der Waals surface area contributed by atoms with Crippen LogP contribution in [-0.4, -0.2) is 158 Å². The molecule has 0 unspecified atom stereocenters. The number of likely N-dealkylation sites (tertiary alicyclic amines) is 4. The molecule has 0 saturated carbocycles. The molecule has 3 amide bonds. The highest BCUT2D eigenvalue weighted by molar-refractivity contribution is 7.86. The Hall–Kier alpha value is -9.23. The molecule has 3 atom stereocenters. The van der Waals surface area contributed by atoms with Crippen LogP contribution in [0.3, 0.4) is 0 Å². The molecule has 4 aliphatic rings. The second kappa shape index (κ2) is 26.0. The predicted octanol–water partition coefficient (Wildman–Crippen LogP) is 6.28. The molecule has 13 rings (SSSR count). The Morgan fingerprint density at radius 1 is 0.511 bits per heavy atom. The lowest BCUT2D eigenvalue weighted by molar-refractivity contribution is 0.0744. The van der Waals surface area contributed by atoms with Crippen molar-refractivity contribution >= 4 is 60.2 Å².